The number of sulfonamides is 1. The predicted octanol–water partition coefficient (Wildman–Crippen LogP) is -0.750. The monoisotopic (exact) mass is 284 g/mol. The summed E-state index contributed by atoms with van der Waals surface area (Å²) < 4.78 is 47.2. The molecule has 0 amide bonds. The molecule has 102 valence electrons. The molecule has 1 aliphatic heterocycles. The summed E-state index contributed by atoms with van der Waals surface area (Å²) in [5.74, 6) is 0.267. The second-order valence-electron chi connectivity index (χ2n) is 4.58. The van der Waals surface area contributed by atoms with Gasteiger partial charge in [0.2, 0.25) is 10.0 Å². The van der Waals surface area contributed by atoms with Gasteiger partial charge in [0, 0.05) is 19.3 Å². The SMILES string of the molecule is CNCC1CCCN(S(=O)(=O)CS(C)(=O)=O)C1. The van der Waals surface area contributed by atoms with E-state index in [1.165, 1.54) is 4.31 Å². The molecule has 0 aromatic carbocycles. The zero-order valence-electron chi connectivity index (χ0n) is 10.2. The van der Waals surface area contributed by atoms with Gasteiger partial charge in [-0.15, -0.1) is 0 Å². The highest BCUT2D eigenvalue weighted by Gasteiger charge is 2.30. The Bertz CT molecular complexity index is 442. The molecule has 6 nitrogen and oxygen atoms in total. The molecule has 1 saturated heterocycles. The van der Waals surface area contributed by atoms with Gasteiger partial charge in [-0.2, -0.15) is 0 Å². The molecule has 1 N–H and O–H groups in total. The van der Waals surface area contributed by atoms with Gasteiger partial charge in [0.15, 0.2) is 14.9 Å². The van der Waals surface area contributed by atoms with Gasteiger partial charge < -0.3 is 5.32 Å². The lowest BCUT2D eigenvalue weighted by molar-refractivity contribution is 0.264. The number of nitrogens with zero attached hydrogens (tertiary/aromatic N) is 1. The van der Waals surface area contributed by atoms with Gasteiger partial charge in [0.1, 0.15) is 0 Å². The van der Waals surface area contributed by atoms with E-state index in [0.29, 0.717) is 13.1 Å². The van der Waals surface area contributed by atoms with Gasteiger partial charge in [-0.05, 0) is 32.4 Å². The van der Waals surface area contributed by atoms with Crippen molar-refractivity contribution in [1.82, 2.24) is 9.62 Å². The maximum Gasteiger partial charge on any atom is 0.228 e. The van der Waals surface area contributed by atoms with Gasteiger partial charge in [0.05, 0.1) is 0 Å². The number of sulfone groups is 1. The van der Waals surface area contributed by atoms with E-state index in [1.807, 2.05) is 7.05 Å². The van der Waals surface area contributed by atoms with Crippen LogP contribution in [0, 0.1) is 5.92 Å². The van der Waals surface area contributed by atoms with Crippen LogP contribution in [0.5, 0.6) is 0 Å². The Kier molecular flexibility index (Phi) is 4.94. The molecule has 1 atom stereocenters. The van der Waals surface area contributed by atoms with Crippen LogP contribution < -0.4 is 5.32 Å². The van der Waals surface area contributed by atoms with Gasteiger partial charge in [-0.1, -0.05) is 0 Å². The van der Waals surface area contributed by atoms with Crippen molar-refractivity contribution < 1.29 is 16.8 Å². The van der Waals surface area contributed by atoms with Crippen molar-refractivity contribution in [2.75, 3.05) is 38.0 Å². The molecule has 17 heavy (non-hydrogen) atoms. The van der Waals surface area contributed by atoms with Crippen LogP contribution in [-0.2, 0) is 19.9 Å². The molecule has 1 aliphatic rings. The zero-order chi connectivity index (χ0) is 13.1. The average molecular weight is 284 g/mol. The van der Waals surface area contributed by atoms with E-state index in [0.717, 1.165) is 25.6 Å². The fourth-order valence-corrected chi connectivity index (χ4v) is 5.69. The fraction of sp³-hybridized carbons (Fsp3) is 1.00. The molecular weight excluding hydrogens is 264 g/mol. The quantitative estimate of drug-likeness (QED) is 0.718. The molecule has 0 aromatic heterocycles. The van der Waals surface area contributed by atoms with Crippen LogP contribution in [-0.4, -0.2) is 59.2 Å². The van der Waals surface area contributed by atoms with Crippen molar-refractivity contribution in [3.05, 3.63) is 0 Å². The Morgan fingerprint density at radius 3 is 2.47 bits per heavy atom. The van der Waals surface area contributed by atoms with Crippen molar-refractivity contribution in [2.45, 2.75) is 12.8 Å². The third kappa shape index (κ3) is 4.90. The van der Waals surface area contributed by atoms with Gasteiger partial charge in [0.25, 0.3) is 0 Å². The molecule has 0 bridgehead atoms. The lowest BCUT2D eigenvalue weighted by Gasteiger charge is -2.31. The average Bonchev–Trinajstić information content (AvgIpc) is 2.15. The van der Waals surface area contributed by atoms with Gasteiger partial charge in [-0.25, -0.2) is 21.1 Å². The van der Waals surface area contributed by atoms with Crippen molar-refractivity contribution >= 4 is 19.9 Å². The summed E-state index contributed by atoms with van der Waals surface area (Å²) in [5, 5.41) is 2.23. The standard InChI is InChI=1S/C9H20N2O4S2/c1-10-6-9-4-3-5-11(7-9)17(14,15)8-16(2,12)13/h9-10H,3-8H2,1-2H3. The summed E-state index contributed by atoms with van der Waals surface area (Å²) >= 11 is 0. The minimum atomic E-state index is -3.67. The number of hydrogen-bond acceptors (Lipinski definition) is 5. The van der Waals surface area contributed by atoms with Crippen molar-refractivity contribution in [3.63, 3.8) is 0 Å². The van der Waals surface area contributed by atoms with E-state index in [4.69, 9.17) is 0 Å². The van der Waals surface area contributed by atoms with Crippen LogP contribution in [0.3, 0.4) is 0 Å². The highest BCUT2D eigenvalue weighted by Crippen LogP contribution is 2.19. The predicted molar refractivity (Wildman–Crippen MR) is 66.9 cm³/mol. The number of piperidine rings is 1. The summed E-state index contributed by atoms with van der Waals surface area (Å²) in [6.07, 6.45) is 2.71. The van der Waals surface area contributed by atoms with E-state index in [2.05, 4.69) is 5.32 Å². The highest BCUT2D eigenvalue weighted by atomic mass is 32.3. The van der Waals surface area contributed by atoms with E-state index >= 15 is 0 Å². The molecule has 0 saturated carbocycles. The zero-order valence-corrected chi connectivity index (χ0v) is 11.8. The van der Waals surface area contributed by atoms with Crippen LogP contribution in [0.15, 0.2) is 0 Å². The molecule has 0 radical (unpaired) electrons. The number of hydrogen-bond donors (Lipinski definition) is 1. The van der Waals surface area contributed by atoms with Crippen LogP contribution in [0.2, 0.25) is 0 Å². The summed E-state index contributed by atoms with van der Waals surface area (Å²) in [4.78, 5) is 0. The van der Waals surface area contributed by atoms with Crippen molar-refractivity contribution in [3.8, 4) is 0 Å². The summed E-state index contributed by atoms with van der Waals surface area (Å²) in [6, 6.07) is 0. The largest absolute Gasteiger partial charge is 0.319 e. The Labute approximate surface area is 103 Å². The van der Waals surface area contributed by atoms with Crippen LogP contribution in [0.4, 0.5) is 0 Å². The van der Waals surface area contributed by atoms with Gasteiger partial charge >= 0.3 is 0 Å². The van der Waals surface area contributed by atoms with Crippen LogP contribution in [0.1, 0.15) is 12.8 Å². The second-order valence-corrected chi connectivity index (χ2v) is 9.05. The molecule has 0 spiro atoms. The lowest BCUT2D eigenvalue weighted by atomic mass is 10.00. The molecule has 1 heterocycles. The summed E-state index contributed by atoms with van der Waals surface area (Å²) in [6.45, 7) is 1.60. The normalized spacial score (nSPS) is 23.8. The molecule has 8 heteroatoms. The first kappa shape index (κ1) is 14.9. The van der Waals surface area contributed by atoms with Crippen molar-refractivity contribution in [2.24, 2.45) is 5.92 Å². The summed E-state index contributed by atoms with van der Waals surface area (Å²) in [7, 11) is -5.36. The Morgan fingerprint density at radius 2 is 1.94 bits per heavy atom. The van der Waals surface area contributed by atoms with E-state index in [-0.39, 0.29) is 5.92 Å². The van der Waals surface area contributed by atoms with E-state index in [1.54, 1.807) is 0 Å². The van der Waals surface area contributed by atoms with Crippen molar-refractivity contribution in [1.29, 1.82) is 0 Å². The van der Waals surface area contributed by atoms with E-state index in [9.17, 15) is 16.8 Å². The molecule has 1 fully saturated rings. The molecule has 1 rings (SSSR count). The van der Waals surface area contributed by atoms with Gasteiger partial charge in [-0.3, -0.25) is 0 Å². The molecule has 1 unspecified atom stereocenters. The van der Waals surface area contributed by atoms with Crippen LogP contribution in [0.25, 0.3) is 0 Å². The second kappa shape index (κ2) is 5.64. The maximum absolute atomic E-state index is 11.9. The minimum Gasteiger partial charge on any atom is -0.319 e. The number of rotatable bonds is 5. The first-order valence-corrected chi connectivity index (χ1v) is 9.22. The first-order valence-electron chi connectivity index (χ1n) is 5.55. The minimum absolute atomic E-state index is 0.267. The fourth-order valence-electron chi connectivity index (χ4n) is 2.08. The Morgan fingerprint density at radius 1 is 1.29 bits per heavy atom. The summed E-state index contributed by atoms with van der Waals surface area (Å²) in [5.41, 5.74) is 0. The third-order valence-corrected chi connectivity index (χ3v) is 6.75. The first-order chi connectivity index (χ1) is 7.74. The third-order valence-electron chi connectivity index (χ3n) is 2.73. The van der Waals surface area contributed by atoms with E-state index < -0.39 is 24.9 Å². The molecular formula is C9H20N2O4S2. The lowest BCUT2D eigenvalue weighted by Crippen LogP contribution is -2.44. The topological polar surface area (TPSA) is 83.6 Å². The van der Waals surface area contributed by atoms with Crippen LogP contribution >= 0.6 is 0 Å². The number of nitrogens with one attached hydrogen (secondary N) is 1. The Hall–Kier alpha value is -0.180. The Balaban J connectivity index is 2.72. The highest BCUT2D eigenvalue weighted by molar-refractivity contribution is 8.06. The molecule has 0 aliphatic carbocycles. The molecule has 0 aromatic rings. The maximum atomic E-state index is 11.9. The smallest absolute Gasteiger partial charge is 0.228 e.